The molecule has 2 aromatic carbocycles. The summed E-state index contributed by atoms with van der Waals surface area (Å²) >= 11 is 3.54. The second-order valence-electron chi connectivity index (χ2n) is 9.88. The average Bonchev–Trinajstić information content (AvgIpc) is 3.55. The summed E-state index contributed by atoms with van der Waals surface area (Å²) in [5.74, 6) is -0.0983. The number of likely N-dealkylation sites (tertiary alicyclic amines) is 2. The highest BCUT2D eigenvalue weighted by Crippen LogP contribution is 2.40. The molecule has 1 unspecified atom stereocenters. The Hall–Kier alpha value is -2.15. The second-order valence-corrected chi connectivity index (χ2v) is 10.8. The Bertz CT molecular complexity index is 1110. The van der Waals surface area contributed by atoms with Crippen LogP contribution in [0.4, 0.5) is 0 Å². The van der Waals surface area contributed by atoms with Crippen molar-refractivity contribution in [1.82, 2.24) is 20.1 Å². The fourth-order valence-corrected chi connectivity index (χ4v) is 6.29. The van der Waals surface area contributed by atoms with Crippen LogP contribution in [0.15, 0.2) is 59.2 Å². The third-order valence-electron chi connectivity index (χ3n) is 7.97. The molecule has 0 radical (unpaired) electrons. The van der Waals surface area contributed by atoms with Crippen LogP contribution in [0, 0.1) is 0 Å². The van der Waals surface area contributed by atoms with Gasteiger partial charge in [-0.3, -0.25) is 9.69 Å². The summed E-state index contributed by atoms with van der Waals surface area (Å²) in [5.41, 5.74) is 3.76. The average molecular weight is 524 g/mol. The molecule has 2 saturated heterocycles. The van der Waals surface area contributed by atoms with Crippen molar-refractivity contribution < 1.29 is 4.79 Å². The summed E-state index contributed by atoms with van der Waals surface area (Å²) in [6, 6.07) is 17.3. The quantitative estimate of drug-likeness (QED) is 0.446. The lowest BCUT2D eigenvalue weighted by Crippen LogP contribution is -2.53. The number of carbonyl (C=O) groups excluding carboxylic acids is 1. The van der Waals surface area contributed by atoms with Gasteiger partial charge in [0, 0.05) is 53.3 Å². The number of halogens is 1. The Kier molecular flexibility index (Phi) is 7.09. The van der Waals surface area contributed by atoms with Crippen LogP contribution in [0.5, 0.6) is 0 Å². The number of nitrogens with one attached hydrogen (secondary N) is 2. The molecule has 6 heteroatoms. The van der Waals surface area contributed by atoms with Crippen molar-refractivity contribution in [3.05, 3.63) is 70.3 Å². The predicted molar refractivity (Wildman–Crippen MR) is 142 cm³/mol. The molecule has 2 fully saturated rings. The standard InChI is InChI=1S/C28H35BrN4O/c1-21(25-20-31-26-10-9-23(29)19-24(25)26)27(34)30-13-18-32-16-11-28(12-17-32,33-14-5-6-15-33)22-7-3-2-4-8-22/h2-4,7-10,19-21,31H,5-6,11-18H2,1H3,(H,30,34). The smallest absolute Gasteiger partial charge is 0.227 e. The van der Waals surface area contributed by atoms with Crippen molar-refractivity contribution >= 4 is 32.7 Å². The molecule has 0 aliphatic carbocycles. The summed E-state index contributed by atoms with van der Waals surface area (Å²) in [6.45, 7) is 8.17. The number of aromatic nitrogens is 1. The molecule has 1 amide bonds. The molecule has 34 heavy (non-hydrogen) atoms. The monoisotopic (exact) mass is 522 g/mol. The number of piperidine rings is 1. The zero-order chi connectivity index (χ0) is 23.5. The second kappa shape index (κ2) is 10.2. The van der Waals surface area contributed by atoms with Crippen LogP contribution in [-0.4, -0.2) is 60.0 Å². The minimum atomic E-state index is -0.190. The van der Waals surface area contributed by atoms with Gasteiger partial charge >= 0.3 is 0 Å². The van der Waals surface area contributed by atoms with Crippen molar-refractivity contribution in [2.45, 2.75) is 44.1 Å². The normalized spacial score (nSPS) is 19.9. The lowest BCUT2D eigenvalue weighted by Gasteiger charge is -2.48. The first-order chi connectivity index (χ1) is 16.6. The first-order valence-electron chi connectivity index (χ1n) is 12.6. The number of nitrogens with zero attached hydrogens (tertiary/aromatic N) is 2. The Morgan fingerprint density at radius 1 is 1.09 bits per heavy atom. The molecular weight excluding hydrogens is 488 g/mol. The van der Waals surface area contributed by atoms with Gasteiger partial charge < -0.3 is 15.2 Å². The Labute approximate surface area is 211 Å². The molecule has 2 aliphatic heterocycles. The summed E-state index contributed by atoms with van der Waals surface area (Å²) in [7, 11) is 0. The van der Waals surface area contributed by atoms with E-state index < -0.39 is 0 Å². The topological polar surface area (TPSA) is 51.4 Å². The first kappa shape index (κ1) is 23.6. The Balaban J connectivity index is 1.16. The summed E-state index contributed by atoms with van der Waals surface area (Å²) in [6.07, 6.45) is 6.91. The molecule has 1 atom stereocenters. The molecule has 0 spiro atoms. The third-order valence-corrected chi connectivity index (χ3v) is 8.46. The number of rotatable bonds is 7. The van der Waals surface area contributed by atoms with Gasteiger partial charge in [0.2, 0.25) is 5.91 Å². The number of carbonyl (C=O) groups is 1. The minimum Gasteiger partial charge on any atom is -0.361 e. The molecule has 0 saturated carbocycles. The summed E-state index contributed by atoms with van der Waals surface area (Å²) in [4.78, 5) is 21.5. The van der Waals surface area contributed by atoms with Gasteiger partial charge in [-0.15, -0.1) is 0 Å². The van der Waals surface area contributed by atoms with Crippen LogP contribution >= 0.6 is 15.9 Å². The van der Waals surface area contributed by atoms with Gasteiger partial charge in [0.05, 0.1) is 5.92 Å². The van der Waals surface area contributed by atoms with E-state index in [1.165, 1.54) is 31.5 Å². The van der Waals surface area contributed by atoms with E-state index in [9.17, 15) is 4.79 Å². The van der Waals surface area contributed by atoms with Gasteiger partial charge in [-0.05, 0) is 75.0 Å². The van der Waals surface area contributed by atoms with Crippen LogP contribution < -0.4 is 5.32 Å². The van der Waals surface area contributed by atoms with Crippen molar-refractivity contribution in [3.8, 4) is 0 Å². The van der Waals surface area contributed by atoms with E-state index in [2.05, 4.69) is 72.4 Å². The minimum absolute atomic E-state index is 0.0913. The molecule has 3 aromatic rings. The van der Waals surface area contributed by atoms with E-state index in [1.54, 1.807) is 0 Å². The highest BCUT2D eigenvalue weighted by atomic mass is 79.9. The molecule has 1 aromatic heterocycles. The molecule has 3 heterocycles. The lowest BCUT2D eigenvalue weighted by atomic mass is 9.79. The van der Waals surface area contributed by atoms with E-state index in [1.807, 2.05) is 25.3 Å². The molecule has 180 valence electrons. The molecular formula is C28H35BrN4O. The van der Waals surface area contributed by atoms with Crippen molar-refractivity contribution in [2.75, 3.05) is 39.3 Å². The maximum atomic E-state index is 12.9. The molecule has 5 nitrogen and oxygen atoms in total. The van der Waals surface area contributed by atoms with Crippen molar-refractivity contribution in [3.63, 3.8) is 0 Å². The highest BCUT2D eigenvalue weighted by molar-refractivity contribution is 9.10. The predicted octanol–water partition coefficient (Wildman–Crippen LogP) is 5.24. The van der Waals surface area contributed by atoms with Crippen molar-refractivity contribution in [1.29, 1.82) is 0 Å². The van der Waals surface area contributed by atoms with Gasteiger partial charge in [-0.2, -0.15) is 0 Å². The van der Waals surface area contributed by atoms with Crippen LogP contribution in [0.25, 0.3) is 10.9 Å². The van der Waals surface area contributed by atoms with Gasteiger partial charge in [0.15, 0.2) is 0 Å². The zero-order valence-corrected chi connectivity index (χ0v) is 21.6. The number of amides is 1. The van der Waals surface area contributed by atoms with E-state index in [0.717, 1.165) is 53.4 Å². The van der Waals surface area contributed by atoms with E-state index in [4.69, 9.17) is 0 Å². The highest BCUT2D eigenvalue weighted by Gasteiger charge is 2.42. The molecule has 2 N–H and O–H groups in total. The number of benzene rings is 2. The van der Waals surface area contributed by atoms with E-state index in [0.29, 0.717) is 6.54 Å². The van der Waals surface area contributed by atoms with Crippen molar-refractivity contribution in [2.24, 2.45) is 0 Å². The molecule has 2 aliphatic rings. The molecule has 0 bridgehead atoms. The number of H-pyrrole nitrogens is 1. The van der Waals surface area contributed by atoms with E-state index in [-0.39, 0.29) is 17.4 Å². The molecule has 5 rings (SSSR count). The van der Waals surface area contributed by atoms with Crippen LogP contribution in [0.1, 0.15) is 49.7 Å². The van der Waals surface area contributed by atoms with Gasteiger partial charge in [0.25, 0.3) is 0 Å². The Morgan fingerprint density at radius 3 is 2.56 bits per heavy atom. The fraction of sp³-hybridized carbons (Fsp3) is 0.464. The van der Waals surface area contributed by atoms with E-state index >= 15 is 0 Å². The van der Waals surface area contributed by atoms with Gasteiger partial charge in [-0.1, -0.05) is 46.3 Å². The summed E-state index contributed by atoms with van der Waals surface area (Å²) < 4.78 is 1.03. The van der Waals surface area contributed by atoms with Gasteiger partial charge in [-0.25, -0.2) is 0 Å². The maximum absolute atomic E-state index is 12.9. The summed E-state index contributed by atoms with van der Waals surface area (Å²) in [5, 5.41) is 4.29. The van der Waals surface area contributed by atoms with Crippen LogP contribution in [0.2, 0.25) is 0 Å². The lowest BCUT2D eigenvalue weighted by molar-refractivity contribution is -0.122. The van der Waals surface area contributed by atoms with Gasteiger partial charge in [0.1, 0.15) is 0 Å². The first-order valence-corrected chi connectivity index (χ1v) is 13.4. The SMILES string of the molecule is CC(C(=O)NCCN1CCC(c2ccccc2)(N2CCCC2)CC1)c1c[nH]c2ccc(Br)cc12. The largest absolute Gasteiger partial charge is 0.361 e. The number of fused-ring (bicyclic) bond motifs is 1. The number of hydrogen-bond donors (Lipinski definition) is 2. The Morgan fingerprint density at radius 2 is 1.82 bits per heavy atom. The fourth-order valence-electron chi connectivity index (χ4n) is 5.93. The number of aromatic amines is 1. The van der Waals surface area contributed by atoms with Crippen LogP contribution in [-0.2, 0) is 10.3 Å². The number of hydrogen-bond acceptors (Lipinski definition) is 3. The maximum Gasteiger partial charge on any atom is 0.227 e. The van der Waals surface area contributed by atoms with Crippen LogP contribution in [0.3, 0.4) is 0 Å². The zero-order valence-electron chi connectivity index (χ0n) is 20.0. The third kappa shape index (κ3) is 4.68.